The van der Waals surface area contributed by atoms with E-state index in [1.807, 2.05) is 0 Å². The molecule has 2 aromatic rings. The van der Waals surface area contributed by atoms with Crippen molar-refractivity contribution in [2.24, 2.45) is 7.05 Å². The molecule has 0 bridgehead atoms. The second-order valence-corrected chi connectivity index (χ2v) is 6.90. The van der Waals surface area contributed by atoms with Crippen molar-refractivity contribution in [3.05, 3.63) is 59.9 Å². The third kappa shape index (κ3) is 5.24. The van der Waals surface area contributed by atoms with Crippen molar-refractivity contribution in [2.45, 2.75) is 25.1 Å². The lowest BCUT2D eigenvalue weighted by Crippen LogP contribution is -2.46. The van der Waals surface area contributed by atoms with Gasteiger partial charge < -0.3 is 10.2 Å². The molecular weight excluding hydrogens is 385 g/mol. The summed E-state index contributed by atoms with van der Waals surface area (Å²) in [6.45, 7) is 0.542. The van der Waals surface area contributed by atoms with E-state index in [0.29, 0.717) is 24.5 Å². The SMILES string of the molecule is Cn1cc(C(=O)NC2CCN(C(=O)/C=C(/c3ccccc3)C(F)(F)F)CC2)cn1. The van der Waals surface area contributed by atoms with Crippen LogP contribution in [0.2, 0.25) is 0 Å². The Morgan fingerprint density at radius 1 is 1.14 bits per heavy atom. The minimum atomic E-state index is -4.63. The van der Waals surface area contributed by atoms with E-state index in [1.54, 1.807) is 19.3 Å². The Balaban J connectivity index is 1.61. The normalized spacial score (nSPS) is 16.0. The van der Waals surface area contributed by atoms with Crippen molar-refractivity contribution in [1.82, 2.24) is 20.0 Å². The number of benzene rings is 1. The summed E-state index contributed by atoms with van der Waals surface area (Å²) in [4.78, 5) is 26.0. The quantitative estimate of drug-likeness (QED) is 0.794. The lowest BCUT2D eigenvalue weighted by molar-refractivity contribution is -0.127. The van der Waals surface area contributed by atoms with Gasteiger partial charge in [0.2, 0.25) is 5.91 Å². The minimum Gasteiger partial charge on any atom is -0.349 e. The number of carbonyl (C=O) groups excluding carboxylic acids is 2. The van der Waals surface area contributed by atoms with E-state index < -0.39 is 17.7 Å². The summed E-state index contributed by atoms with van der Waals surface area (Å²) in [6, 6.07) is 7.11. The molecule has 2 heterocycles. The smallest absolute Gasteiger partial charge is 0.349 e. The molecule has 0 saturated carbocycles. The average Bonchev–Trinajstić information content (AvgIpc) is 3.13. The summed E-state index contributed by atoms with van der Waals surface area (Å²) in [5.41, 5.74) is -0.575. The van der Waals surface area contributed by atoms with E-state index >= 15 is 0 Å². The number of hydrogen-bond acceptors (Lipinski definition) is 3. The summed E-state index contributed by atoms with van der Waals surface area (Å²) in [7, 11) is 1.71. The molecule has 0 unspecified atom stereocenters. The van der Waals surface area contributed by atoms with Crippen LogP contribution in [0.5, 0.6) is 0 Å². The van der Waals surface area contributed by atoms with Crippen LogP contribution in [0.3, 0.4) is 0 Å². The van der Waals surface area contributed by atoms with Crippen LogP contribution in [0.4, 0.5) is 13.2 Å². The maximum Gasteiger partial charge on any atom is 0.417 e. The van der Waals surface area contributed by atoms with Crippen LogP contribution in [0.1, 0.15) is 28.8 Å². The molecule has 1 aliphatic rings. The molecule has 0 atom stereocenters. The number of nitrogens with one attached hydrogen (secondary N) is 1. The Hall–Kier alpha value is -3.10. The largest absolute Gasteiger partial charge is 0.417 e. The van der Waals surface area contributed by atoms with Gasteiger partial charge >= 0.3 is 6.18 Å². The van der Waals surface area contributed by atoms with Gasteiger partial charge in [0.05, 0.1) is 17.3 Å². The fourth-order valence-corrected chi connectivity index (χ4v) is 3.21. The first-order chi connectivity index (χ1) is 13.7. The number of alkyl halides is 3. The first-order valence-corrected chi connectivity index (χ1v) is 9.17. The molecule has 1 aliphatic heterocycles. The number of aromatic nitrogens is 2. The molecule has 0 aliphatic carbocycles. The van der Waals surface area contributed by atoms with Crippen molar-refractivity contribution >= 4 is 17.4 Å². The minimum absolute atomic E-state index is 0.0491. The van der Waals surface area contributed by atoms with Gasteiger partial charge in [0.1, 0.15) is 0 Å². The number of allylic oxidation sites excluding steroid dienone is 1. The third-order valence-electron chi connectivity index (χ3n) is 4.77. The number of halogens is 3. The van der Waals surface area contributed by atoms with Crippen LogP contribution in [0.25, 0.3) is 5.57 Å². The van der Waals surface area contributed by atoms with Gasteiger partial charge in [-0.15, -0.1) is 0 Å². The molecule has 1 aromatic carbocycles. The monoisotopic (exact) mass is 406 g/mol. The number of rotatable bonds is 4. The number of piperidine rings is 1. The van der Waals surface area contributed by atoms with E-state index in [9.17, 15) is 22.8 Å². The van der Waals surface area contributed by atoms with E-state index in [1.165, 1.54) is 40.0 Å². The summed E-state index contributed by atoms with van der Waals surface area (Å²) in [5, 5.41) is 6.82. The summed E-state index contributed by atoms with van der Waals surface area (Å²) in [5.74, 6) is -0.940. The fraction of sp³-hybridized carbons (Fsp3) is 0.350. The molecule has 9 heteroatoms. The van der Waals surface area contributed by atoms with Crippen molar-refractivity contribution in [1.29, 1.82) is 0 Å². The molecule has 1 saturated heterocycles. The highest BCUT2D eigenvalue weighted by Crippen LogP contribution is 2.34. The molecule has 6 nitrogen and oxygen atoms in total. The zero-order chi connectivity index (χ0) is 21.0. The molecule has 3 rings (SSSR count). The van der Waals surface area contributed by atoms with Gasteiger partial charge in [-0.2, -0.15) is 18.3 Å². The van der Waals surface area contributed by atoms with Crippen LogP contribution in [0, 0.1) is 0 Å². The molecule has 154 valence electrons. The maximum absolute atomic E-state index is 13.4. The highest BCUT2D eigenvalue weighted by molar-refractivity contribution is 5.96. The predicted molar refractivity (Wildman–Crippen MR) is 101 cm³/mol. The molecule has 1 fully saturated rings. The van der Waals surface area contributed by atoms with Gasteiger partial charge in [0.15, 0.2) is 0 Å². The van der Waals surface area contributed by atoms with Gasteiger partial charge in [-0.3, -0.25) is 14.3 Å². The summed E-state index contributed by atoms with van der Waals surface area (Å²) < 4.78 is 41.7. The number of aryl methyl sites for hydroxylation is 1. The molecule has 0 radical (unpaired) electrons. The Bertz CT molecular complexity index is 898. The van der Waals surface area contributed by atoms with Crippen molar-refractivity contribution in [2.75, 3.05) is 13.1 Å². The van der Waals surface area contributed by atoms with Crippen LogP contribution >= 0.6 is 0 Å². The summed E-state index contributed by atoms with van der Waals surface area (Å²) in [6.07, 6.45) is 0.0233. The Morgan fingerprint density at radius 2 is 1.79 bits per heavy atom. The van der Waals surface area contributed by atoms with E-state index in [0.717, 1.165) is 0 Å². The Morgan fingerprint density at radius 3 is 2.34 bits per heavy atom. The maximum atomic E-state index is 13.4. The average molecular weight is 406 g/mol. The Labute approximate surface area is 166 Å². The van der Waals surface area contributed by atoms with Crippen molar-refractivity contribution in [3.63, 3.8) is 0 Å². The molecular formula is C20H21F3N4O2. The van der Waals surface area contributed by atoms with Crippen molar-refractivity contribution in [3.8, 4) is 0 Å². The molecule has 0 spiro atoms. The lowest BCUT2D eigenvalue weighted by Gasteiger charge is -2.32. The number of amides is 2. The highest BCUT2D eigenvalue weighted by Gasteiger charge is 2.36. The second-order valence-electron chi connectivity index (χ2n) is 6.90. The van der Waals surface area contributed by atoms with Crippen molar-refractivity contribution < 1.29 is 22.8 Å². The molecule has 29 heavy (non-hydrogen) atoms. The van der Waals surface area contributed by atoms with Gasteiger partial charge in [-0.25, -0.2) is 0 Å². The van der Waals surface area contributed by atoms with Crippen LogP contribution < -0.4 is 5.32 Å². The zero-order valence-electron chi connectivity index (χ0n) is 15.8. The number of hydrogen-bond donors (Lipinski definition) is 1. The standard InChI is InChI=1S/C20H21F3N4O2/c1-26-13-15(12-24-26)19(29)25-16-7-9-27(10-8-16)18(28)11-17(20(21,22)23)14-5-3-2-4-6-14/h2-6,11-13,16H,7-10H2,1H3,(H,25,29)/b17-11-. The van der Waals surface area contributed by atoms with E-state index in [4.69, 9.17) is 0 Å². The first-order valence-electron chi connectivity index (χ1n) is 9.17. The van der Waals surface area contributed by atoms with E-state index in [2.05, 4.69) is 10.4 Å². The first kappa shape index (κ1) is 20.6. The van der Waals surface area contributed by atoms with Gasteiger partial charge in [0, 0.05) is 38.5 Å². The third-order valence-corrected chi connectivity index (χ3v) is 4.77. The van der Waals surface area contributed by atoms with Crippen LogP contribution in [-0.2, 0) is 11.8 Å². The number of nitrogens with zero attached hydrogens (tertiary/aromatic N) is 3. The fourth-order valence-electron chi connectivity index (χ4n) is 3.21. The van der Waals surface area contributed by atoms with Gasteiger partial charge in [-0.05, 0) is 18.4 Å². The molecule has 1 N–H and O–H groups in total. The van der Waals surface area contributed by atoms with Gasteiger partial charge in [-0.1, -0.05) is 30.3 Å². The predicted octanol–water partition coefficient (Wildman–Crippen LogP) is 2.79. The molecule has 1 aromatic heterocycles. The topological polar surface area (TPSA) is 67.2 Å². The summed E-state index contributed by atoms with van der Waals surface area (Å²) >= 11 is 0. The molecule has 2 amide bonds. The zero-order valence-corrected chi connectivity index (χ0v) is 15.8. The number of carbonyl (C=O) groups is 2. The number of likely N-dealkylation sites (tertiary alicyclic amines) is 1. The van der Waals surface area contributed by atoms with E-state index in [-0.39, 0.29) is 30.6 Å². The second kappa shape index (κ2) is 8.50. The highest BCUT2D eigenvalue weighted by atomic mass is 19.4. The van der Waals surface area contributed by atoms with Gasteiger partial charge in [0.25, 0.3) is 5.91 Å². The van der Waals surface area contributed by atoms with Crippen LogP contribution in [-0.4, -0.2) is 51.8 Å². The Kier molecular flexibility index (Phi) is 6.05. The van der Waals surface area contributed by atoms with Crippen LogP contribution in [0.15, 0.2) is 48.8 Å². The lowest BCUT2D eigenvalue weighted by atomic mass is 10.0.